The van der Waals surface area contributed by atoms with Crippen molar-refractivity contribution in [3.8, 4) is 5.75 Å². The molecule has 0 bridgehead atoms. The van der Waals surface area contributed by atoms with Gasteiger partial charge in [-0.3, -0.25) is 4.79 Å². The van der Waals surface area contributed by atoms with Crippen LogP contribution in [-0.2, 0) is 14.3 Å². The molecule has 0 radical (unpaired) electrons. The first-order valence-corrected chi connectivity index (χ1v) is 7.32. The van der Waals surface area contributed by atoms with E-state index in [-0.39, 0.29) is 12.1 Å². The van der Waals surface area contributed by atoms with Gasteiger partial charge in [-0.05, 0) is 24.3 Å². The van der Waals surface area contributed by atoms with Crippen LogP contribution in [0, 0.1) is 0 Å². The van der Waals surface area contributed by atoms with Crippen LogP contribution in [0.3, 0.4) is 0 Å². The number of methoxy groups -OCH3 is 1. The lowest BCUT2D eigenvalue weighted by Gasteiger charge is -2.35. The molecule has 0 saturated heterocycles. The summed E-state index contributed by atoms with van der Waals surface area (Å²) in [7, 11) is 0.710. The van der Waals surface area contributed by atoms with Crippen molar-refractivity contribution in [1.29, 1.82) is 0 Å². The molecule has 1 rings (SSSR count). The van der Waals surface area contributed by atoms with Crippen LogP contribution in [0.4, 0.5) is 27.6 Å². The van der Waals surface area contributed by atoms with Crippen LogP contribution in [-0.4, -0.2) is 36.4 Å². The third kappa shape index (κ3) is 5.35. The quantitative estimate of drug-likeness (QED) is 0.316. The Morgan fingerprint density at radius 1 is 1.12 bits per heavy atom. The predicted octanol–water partition coefficient (Wildman–Crippen LogP) is 3.22. The van der Waals surface area contributed by atoms with Gasteiger partial charge in [0.1, 0.15) is 5.75 Å². The van der Waals surface area contributed by atoms with Gasteiger partial charge >= 0.3 is 23.4 Å². The van der Waals surface area contributed by atoms with E-state index in [0.29, 0.717) is 7.11 Å². The number of benzene rings is 1. The molecule has 12 heteroatoms. The number of rotatable bonds is 7. The number of alkyl halides is 6. The molecule has 1 amide bonds. The van der Waals surface area contributed by atoms with Crippen LogP contribution < -0.4 is 15.4 Å². The van der Waals surface area contributed by atoms with Crippen LogP contribution in [0.5, 0.6) is 5.75 Å². The lowest BCUT2D eigenvalue weighted by atomic mass is 10.1. The smallest absolute Gasteiger partial charge is 0.466 e. The maximum atomic E-state index is 13.6. The van der Waals surface area contributed by atoms with E-state index >= 15 is 0 Å². The van der Waals surface area contributed by atoms with E-state index in [9.17, 15) is 31.5 Å². The van der Waals surface area contributed by atoms with Crippen molar-refractivity contribution in [2.24, 2.45) is 0 Å². The second kappa shape index (κ2) is 7.94. The zero-order valence-corrected chi connectivity index (χ0v) is 14.2. The summed E-state index contributed by atoms with van der Waals surface area (Å²) in [4.78, 5) is 23.3. The largest absolute Gasteiger partial charge is 0.487 e. The standard InChI is InChI=1S/C14H14ClF5N2O4/c1-3-10(23)22-12(11(24)25-2,13(16,17)18)21-8-4-6-9(7-5-8)26-14(15,19)20/h4-7,21H,3H2,1-2H3,(H,22,23)/t12-/m0/s1. The Bertz CT molecular complexity index is 648. The molecule has 0 saturated carbocycles. The normalized spacial score (nSPS) is 14.2. The molecule has 1 aromatic carbocycles. The van der Waals surface area contributed by atoms with E-state index < -0.39 is 35.0 Å². The average molecular weight is 405 g/mol. The molecule has 6 nitrogen and oxygen atoms in total. The van der Waals surface area contributed by atoms with Crippen LogP contribution in [0.15, 0.2) is 24.3 Å². The number of anilines is 1. The van der Waals surface area contributed by atoms with Gasteiger partial charge in [0, 0.05) is 23.7 Å². The van der Waals surface area contributed by atoms with E-state index in [2.05, 4.69) is 21.1 Å². The summed E-state index contributed by atoms with van der Waals surface area (Å²) < 4.78 is 74.0. The van der Waals surface area contributed by atoms with Gasteiger partial charge in [0.2, 0.25) is 5.91 Å². The molecule has 1 atom stereocenters. The van der Waals surface area contributed by atoms with E-state index in [1.54, 1.807) is 5.32 Å². The number of hydrogen-bond acceptors (Lipinski definition) is 5. The summed E-state index contributed by atoms with van der Waals surface area (Å²) in [6, 6.07) is 3.61. The maximum Gasteiger partial charge on any atom is 0.487 e. The second-order valence-electron chi connectivity index (χ2n) is 4.84. The molecule has 0 aliphatic rings. The minimum Gasteiger partial charge on any atom is -0.466 e. The fourth-order valence-corrected chi connectivity index (χ4v) is 1.89. The first-order valence-electron chi connectivity index (χ1n) is 6.94. The van der Waals surface area contributed by atoms with Crippen LogP contribution in [0.2, 0.25) is 0 Å². The summed E-state index contributed by atoms with van der Waals surface area (Å²) in [5.74, 6) is -3.34. The first-order chi connectivity index (χ1) is 11.8. The minimum absolute atomic E-state index is 0.339. The molecule has 26 heavy (non-hydrogen) atoms. The summed E-state index contributed by atoms with van der Waals surface area (Å²) in [6.45, 7) is 1.28. The van der Waals surface area contributed by atoms with Crippen LogP contribution in [0.25, 0.3) is 0 Å². The summed E-state index contributed by atoms with van der Waals surface area (Å²) in [5.41, 5.74) is -7.92. The Kier molecular flexibility index (Phi) is 6.64. The van der Waals surface area contributed by atoms with Gasteiger partial charge < -0.3 is 20.1 Å². The SMILES string of the molecule is CCC(=O)N[C@@](Nc1ccc(OC(F)(F)Cl)cc1)(C(=O)OC)C(F)(F)F. The Morgan fingerprint density at radius 3 is 2.04 bits per heavy atom. The summed E-state index contributed by atoms with van der Waals surface area (Å²) >= 11 is 4.58. The van der Waals surface area contributed by atoms with Gasteiger partial charge in [0.05, 0.1) is 7.11 Å². The van der Waals surface area contributed by atoms with Gasteiger partial charge in [-0.2, -0.15) is 13.2 Å². The minimum atomic E-state index is -5.29. The predicted molar refractivity (Wildman–Crippen MR) is 80.7 cm³/mol. The number of esters is 1. The number of carbonyl (C=O) groups excluding carboxylic acids is 2. The van der Waals surface area contributed by atoms with Crippen molar-refractivity contribution in [2.45, 2.75) is 30.8 Å². The van der Waals surface area contributed by atoms with Crippen molar-refractivity contribution >= 4 is 29.2 Å². The lowest BCUT2D eigenvalue weighted by molar-refractivity contribution is -0.206. The molecule has 0 aliphatic heterocycles. The van der Waals surface area contributed by atoms with Gasteiger partial charge in [-0.1, -0.05) is 6.92 Å². The van der Waals surface area contributed by atoms with Crippen molar-refractivity contribution in [1.82, 2.24) is 5.32 Å². The molecule has 2 N–H and O–H groups in total. The summed E-state index contributed by atoms with van der Waals surface area (Å²) in [6.07, 6.45) is -5.63. The number of halogens is 6. The van der Waals surface area contributed by atoms with Gasteiger partial charge in [-0.15, -0.1) is 8.78 Å². The van der Waals surface area contributed by atoms with E-state index in [0.717, 1.165) is 24.3 Å². The zero-order chi connectivity index (χ0) is 20.2. The van der Waals surface area contributed by atoms with Crippen molar-refractivity contribution in [2.75, 3.05) is 12.4 Å². The highest BCUT2D eigenvalue weighted by molar-refractivity contribution is 6.20. The van der Waals surface area contributed by atoms with Gasteiger partial charge in [-0.25, -0.2) is 4.79 Å². The Balaban J connectivity index is 3.23. The number of ether oxygens (including phenoxy) is 2. The van der Waals surface area contributed by atoms with Crippen molar-refractivity contribution in [3.05, 3.63) is 24.3 Å². The molecule has 0 heterocycles. The monoisotopic (exact) mass is 404 g/mol. The van der Waals surface area contributed by atoms with Crippen molar-refractivity contribution < 1.29 is 41.0 Å². The second-order valence-corrected chi connectivity index (χ2v) is 5.28. The number of carbonyl (C=O) groups is 2. The molecule has 146 valence electrons. The Hall–Kier alpha value is -2.30. The summed E-state index contributed by atoms with van der Waals surface area (Å²) in [5, 5.41) is 3.38. The van der Waals surface area contributed by atoms with E-state index in [4.69, 9.17) is 0 Å². The Morgan fingerprint density at radius 2 is 1.65 bits per heavy atom. The average Bonchev–Trinajstić information content (AvgIpc) is 2.52. The molecule has 0 aromatic heterocycles. The molecule has 0 aliphatic carbocycles. The molecular formula is C14H14ClF5N2O4. The molecular weight excluding hydrogens is 391 g/mol. The highest BCUT2D eigenvalue weighted by Crippen LogP contribution is 2.34. The lowest BCUT2D eigenvalue weighted by Crippen LogP contribution is -2.69. The van der Waals surface area contributed by atoms with Crippen LogP contribution >= 0.6 is 11.6 Å². The van der Waals surface area contributed by atoms with Crippen molar-refractivity contribution in [3.63, 3.8) is 0 Å². The number of amides is 1. The fraction of sp³-hybridized carbons (Fsp3) is 0.429. The van der Waals surface area contributed by atoms with Gasteiger partial charge in [0.15, 0.2) is 0 Å². The highest BCUT2D eigenvalue weighted by Gasteiger charge is 2.63. The molecule has 1 aromatic rings. The maximum absolute atomic E-state index is 13.6. The Labute approximate surface area is 149 Å². The van der Waals surface area contributed by atoms with Gasteiger partial charge in [0.25, 0.3) is 0 Å². The topological polar surface area (TPSA) is 76.7 Å². The molecule has 0 fully saturated rings. The van der Waals surface area contributed by atoms with E-state index in [1.807, 2.05) is 5.32 Å². The number of nitrogens with one attached hydrogen (secondary N) is 2. The third-order valence-corrected chi connectivity index (χ3v) is 3.06. The fourth-order valence-electron chi connectivity index (χ4n) is 1.80. The first kappa shape index (κ1) is 21.7. The van der Waals surface area contributed by atoms with Crippen LogP contribution in [0.1, 0.15) is 13.3 Å². The molecule has 0 spiro atoms. The van der Waals surface area contributed by atoms with E-state index in [1.165, 1.54) is 6.92 Å². The third-order valence-electron chi connectivity index (χ3n) is 2.98. The molecule has 0 unspecified atom stereocenters. The number of hydrogen-bond donors (Lipinski definition) is 2. The zero-order valence-electron chi connectivity index (χ0n) is 13.4. The highest BCUT2D eigenvalue weighted by atomic mass is 35.5.